The first-order valence-electron chi connectivity index (χ1n) is 5.97. The lowest BCUT2D eigenvalue weighted by Gasteiger charge is -2.16. The Balaban J connectivity index is 2.68. The molecule has 0 amide bonds. The average Bonchev–Trinajstić information content (AvgIpc) is 2.34. The van der Waals surface area contributed by atoms with E-state index >= 15 is 0 Å². The van der Waals surface area contributed by atoms with Crippen LogP contribution < -0.4 is 10.1 Å². The Morgan fingerprint density at radius 2 is 2.21 bits per heavy atom. The second kappa shape index (κ2) is 6.71. The minimum Gasteiger partial charge on any atom is -0.491 e. The average molecular weight is 263 g/mol. The molecule has 1 N–H and O–H groups in total. The van der Waals surface area contributed by atoms with Gasteiger partial charge in [-0.3, -0.25) is 15.4 Å². The highest BCUT2D eigenvalue weighted by Crippen LogP contribution is 2.23. The maximum atomic E-state index is 10.6. The summed E-state index contributed by atoms with van der Waals surface area (Å²) >= 11 is 0. The first kappa shape index (κ1) is 14.9. The number of nitrogens with one attached hydrogen (secondary N) is 1. The van der Waals surface area contributed by atoms with Crippen molar-refractivity contribution < 1.29 is 9.66 Å². The fourth-order valence-corrected chi connectivity index (χ4v) is 1.61. The van der Waals surface area contributed by atoms with E-state index in [1.807, 2.05) is 13.8 Å². The van der Waals surface area contributed by atoms with Crippen molar-refractivity contribution in [1.82, 2.24) is 5.32 Å². The predicted molar refractivity (Wildman–Crippen MR) is 71.0 cm³/mol. The van der Waals surface area contributed by atoms with Crippen LogP contribution in [-0.2, 0) is 0 Å². The topological polar surface area (TPSA) is 88.2 Å². The van der Waals surface area contributed by atoms with Gasteiger partial charge < -0.3 is 4.74 Å². The van der Waals surface area contributed by atoms with Crippen LogP contribution in [0.25, 0.3) is 0 Å². The number of hydrogen-bond donors (Lipinski definition) is 1. The number of nitro benzene ring substituents is 1. The Bertz CT molecular complexity index is 494. The Kier molecular flexibility index (Phi) is 5.27. The van der Waals surface area contributed by atoms with Gasteiger partial charge in [-0.25, -0.2) is 0 Å². The summed E-state index contributed by atoms with van der Waals surface area (Å²) in [5.74, 6) is 0.552. The molecule has 1 rings (SSSR count). The van der Waals surface area contributed by atoms with E-state index < -0.39 is 11.0 Å². The standard InChI is InChI=1S/C13H17N3O3/c1-9(2)15-11(7-14)8-19-13-5-4-12(16(17)18)6-10(13)3/h4-6,9,11,15H,8H2,1-3H3. The molecular formula is C13H17N3O3. The molecule has 6 nitrogen and oxygen atoms in total. The van der Waals surface area contributed by atoms with Crippen molar-refractivity contribution in [3.8, 4) is 11.8 Å². The van der Waals surface area contributed by atoms with Crippen molar-refractivity contribution in [3.05, 3.63) is 33.9 Å². The van der Waals surface area contributed by atoms with Crippen molar-refractivity contribution in [3.63, 3.8) is 0 Å². The molecule has 0 fully saturated rings. The molecule has 0 aliphatic rings. The molecule has 6 heteroatoms. The molecule has 1 atom stereocenters. The van der Waals surface area contributed by atoms with Crippen LogP contribution in [-0.4, -0.2) is 23.6 Å². The van der Waals surface area contributed by atoms with Gasteiger partial charge in [-0.2, -0.15) is 5.26 Å². The number of nitro groups is 1. The lowest BCUT2D eigenvalue weighted by atomic mass is 10.2. The van der Waals surface area contributed by atoms with Crippen molar-refractivity contribution in [2.45, 2.75) is 32.9 Å². The quantitative estimate of drug-likeness (QED) is 0.627. The Morgan fingerprint density at radius 1 is 1.53 bits per heavy atom. The number of ether oxygens (including phenoxy) is 1. The van der Waals surface area contributed by atoms with E-state index in [2.05, 4.69) is 11.4 Å². The zero-order chi connectivity index (χ0) is 14.4. The van der Waals surface area contributed by atoms with Gasteiger partial charge in [-0.15, -0.1) is 0 Å². The lowest BCUT2D eigenvalue weighted by Crippen LogP contribution is -2.38. The van der Waals surface area contributed by atoms with Gasteiger partial charge in [-0.1, -0.05) is 0 Å². The molecule has 0 aliphatic carbocycles. The number of benzene rings is 1. The van der Waals surface area contributed by atoms with Gasteiger partial charge in [0.05, 0.1) is 11.0 Å². The largest absolute Gasteiger partial charge is 0.491 e. The van der Waals surface area contributed by atoms with E-state index in [4.69, 9.17) is 10.00 Å². The van der Waals surface area contributed by atoms with Gasteiger partial charge in [0.15, 0.2) is 0 Å². The van der Waals surface area contributed by atoms with E-state index in [0.717, 1.165) is 0 Å². The van der Waals surface area contributed by atoms with E-state index in [-0.39, 0.29) is 18.3 Å². The molecule has 1 aromatic rings. The highest BCUT2D eigenvalue weighted by Gasteiger charge is 2.12. The Labute approximate surface area is 112 Å². The van der Waals surface area contributed by atoms with Gasteiger partial charge in [0.2, 0.25) is 0 Å². The minimum atomic E-state index is -0.449. The number of non-ortho nitro benzene ring substituents is 1. The summed E-state index contributed by atoms with van der Waals surface area (Å²) in [5, 5.41) is 22.6. The monoisotopic (exact) mass is 263 g/mol. The molecule has 102 valence electrons. The maximum Gasteiger partial charge on any atom is 0.269 e. The summed E-state index contributed by atoms with van der Waals surface area (Å²) in [6.07, 6.45) is 0. The molecule has 0 aliphatic heterocycles. The second-order valence-corrected chi connectivity index (χ2v) is 4.52. The van der Waals surface area contributed by atoms with Crippen LogP contribution in [0.2, 0.25) is 0 Å². The SMILES string of the molecule is Cc1cc([N+](=O)[O-])ccc1OCC(C#N)NC(C)C. The second-order valence-electron chi connectivity index (χ2n) is 4.52. The summed E-state index contributed by atoms with van der Waals surface area (Å²) in [6.45, 7) is 5.83. The number of nitrogens with zero attached hydrogens (tertiary/aromatic N) is 2. The highest BCUT2D eigenvalue weighted by molar-refractivity contribution is 5.42. The van der Waals surface area contributed by atoms with Crippen LogP contribution in [0, 0.1) is 28.4 Å². The van der Waals surface area contributed by atoms with Crippen LogP contribution in [0.1, 0.15) is 19.4 Å². The molecule has 19 heavy (non-hydrogen) atoms. The van der Waals surface area contributed by atoms with E-state index in [9.17, 15) is 10.1 Å². The summed E-state index contributed by atoms with van der Waals surface area (Å²) in [4.78, 5) is 10.2. The van der Waals surface area contributed by atoms with Crippen molar-refractivity contribution in [2.24, 2.45) is 0 Å². The number of aryl methyl sites for hydroxylation is 1. The van der Waals surface area contributed by atoms with Gasteiger partial charge in [0.1, 0.15) is 18.4 Å². The van der Waals surface area contributed by atoms with Crippen LogP contribution >= 0.6 is 0 Å². The van der Waals surface area contributed by atoms with E-state index in [1.54, 1.807) is 13.0 Å². The Morgan fingerprint density at radius 3 is 2.68 bits per heavy atom. The smallest absolute Gasteiger partial charge is 0.269 e. The number of hydrogen-bond acceptors (Lipinski definition) is 5. The summed E-state index contributed by atoms with van der Waals surface area (Å²) in [6, 6.07) is 6.28. The first-order valence-corrected chi connectivity index (χ1v) is 5.97. The fourth-order valence-electron chi connectivity index (χ4n) is 1.61. The van der Waals surface area contributed by atoms with Crippen molar-refractivity contribution in [2.75, 3.05) is 6.61 Å². The highest BCUT2D eigenvalue weighted by atomic mass is 16.6. The van der Waals surface area contributed by atoms with Crippen LogP contribution in [0.5, 0.6) is 5.75 Å². The van der Waals surface area contributed by atoms with Gasteiger partial charge in [0, 0.05) is 18.2 Å². The molecule has 1 aromatic carbocycles. The fraction of sp³-hybridized carbons (Fsp3) is 0.462. The molecule has 0 bridgehead atoms. The van der Waals surface area contributed by atoms with Crippen LogP contribution in [0.3, 0.4) is 0 Å². The number of nitriles is 1. The van der Waals surface area contributed by atoms with Gasteiger partial charge in [0.25, 0.3) is 5.69 Å². The zero-order valence-electron chi connectivity index (χ0n) is 11.2. The Hall–Kier alpha value is -2.13. The van der Waals surface area contributed by atoms with Gasteiger partial charge >= 0.3 is 0 Å². The molecule has 0 heterocycles. The van der Waals surface area contributed by atoms with Crippen LogP contribution in [0.4, 0.5) is 5.69 Å². The van der Waals surface area contributed by atoms with E-state index in [1.165, 1.54) is 12.1 Å². The van der Waals surface area contributed by atoms with Crippen molar-refractivity contribution >= 4 is 5.69 Å². The molecule has 0 aromatic heterocycles. The number of rotatable bonds is 6. The first-order chi connectivity index (χ1) is 8.93. The van der Waals surface area contributed by atoms with Crippen LogP contribution in [0.15, 0.2) is 18.2 Å². The van der Waals surface area contributed by atoms with Crippen molar-refractivity contribution in [1.29, 1.82) is 5.26 Å². The third-order valence-corrected chi connectivity index (χ3v) is 2.47. The normalized spacial score (nSPS) is 11.9. The summed E-state index contributed by atoms with van der Waals surface area (Å²) in [7, 11) is 0. The third kappa shape index (κ3) is 4.56. The van der Waals surface area contributed by atoms with Gasteiger partial charge in [-0.05, 0) is 32.4 Å². The molecule has 0 saturated heterocycles. The molecule has 1 unspecified atom stereocenters. The maximum absolute atomic E-state index is 10.6. The summed E-state index contributed by atoms with van der Waals surface area (Å²) in [5.41, 5.74) is 0.706. The molecular weight excluding hydrogens is 246 g/mol. The predicted octanol–water partition coefficient (Wildman–Crippen LogP) is 2.17. The third-order valence-electron chi connectivity index (χ3n) is 2.47. The molecule has 0 radical (unpaired) electrons. The minimum absolute atomic E-state index is 0.0296. The molecule has 0 spiro atoms. The lowest BCUT2D eigenvalue weighted by molar-refractivity contribution is -0.384. The van der Waals surface area contributed by atoms with E-state index in [0.29, 0.717) is 11.3 Å². The zero-order valence-corrected chi connectivity index (χ0v) is 11.2. The molecule has 0 saturated carbocycles. The summed E-state index contributed by atoms with van der Waals surface area (Å²) < 4.78 is 5.52.